The van der Waals surface area contributed by atoms with Crippen molar-refractivity contribution in [3.05, 3.63) is 35.9 Å². The fraction of sp³-hybridized carbons (Fsp3) is 0.708. The fourth-order valence-corrected chi connectivity index (χ4v) is 6.42. The van der Waals surface area contributed by atoms with Gasteiger partial charge < -0.3 is 24.7 Å². The molecule has 2 heterocycles. The lowest BCUT2D eigenvalue weighted by molar-refractivity contribution is -0.199. The lowest BCUT2D eigenvalue weighted by Gasteiger charge is -2.64. The zero-order chi connectivity index (χ0) is 22.5. The summed E-state index contributed by atoms with van der Waals surface area (Å²) in [5.74, 6) is 0.741. The van der Waals surface area contributed by atoms with E-state index in [9.17, 15) is 9.18 Å². The maximum absolute atomic E-state index is 13.4. The SMILES string of the molecule is CC1(C)[C@@H]2C[C@H]3OB([C@H](Cc4ccccc4)NC(=O)OC[C@H]4C[C@H](F)CN4)O[C@@]3(C)[C@H]1C2. The molecular formula is C24H34BFN2O4. The Morgan fingerprint density at radius 1 is 1.28 bits per heavy atom. The van der Waals surface area contributed by atoms with Gasteiger partial charge in [-0.05, 0) is 55.4 Å². The minimum Gasteiger partial charge on any atom is -0.448 e. The van der Waals surface area contributed by atoms with Gasteiger partial charge in [0.05, 0.1) is 17.6 Å². The van der Waals surface area contributed by atoms with E-state index in [-0.39, 0.29) is 35.7 Å². The van der Waals surface area contributed by atoms with Crippen molar-refractivity contribution in [1.82, 2.24) is 10.6 Å². The van der Waals surface area contributed by atoms with E-state index in [1.54, 1.807) is 0 Å². The third kappa shape index (κ3) is 3.95. The molecule has 2 bridgehead atoms. The van der Waals surface area contributed by atoms with Crippen molar-refractivity contribution in [1.29, 1.82) is 0 Å². The summed E-state index contributed by atoms with van der Waals surface area (Å²) in [7, 11) is -0.535. The Kier molecular flexibility index (Phi) is 5.75. The quantitative estimate of drug-likeness (QED) is 0.660. The second-order valence-electron chi connectivity index (χ2n) is 10.8. The van der Waals surface area contributed by atoms with Crippen LogP contribution in [-0.2, 0) is 20.5 Å². The molecule has 0 spiro atoms. The standard InChI is InChI=1S/C24H34BFN2O4/c1-23(2)16-10-19(23)24(3)20(11-16)31-25(32-24)21(9-15-7-5-4-6-8-15)28-22(29)30-14-18-12-17(26)13-27-18/h4-8,16-21,27H,9-14H2,1-3H3,(H,28,29)/t16-,17-,18+,19-,20+,21-,24-/m0/s1. The van der Waals surface area contributed by atoms with Gasteiger partial charge in [0.15, 0.2) is 0 Å². The van der Waals surface area contributed by atoms with Gasteiger partial charge in [-0.3, -0.25) is 0 Å². The lowest BCUT2D eigenvalue weighted by atomic mass is 9.43. The third-order valence-corrected chi connectivity index (χ3v) is 8.48. The highest BCUT2D eigenvalue weighted by atomic mass is 19.1. The molecule has 6 nitrogen and oxygen atoms in total. The number of carbonyl (C=O) groups is 1. The molecule has 1 aromatic carbocycles. The number of halogens is 1. The van der Waals surface area contributed by atoms with Crippen molar-refractivity contribution in [2.45, 2.75) is 76.3 Å². The summed E-state index contributed by atoms with van der Waals surface area (Å²) >= 11 is 0. The number of hydrogen-bond donors (Lipinski definition) is 2. The van der Waals surface area contributed by atoms with Crippen LogP contribution in [0.1, 0.15) is 45.6 Å². The molecule has 7 atom stereocenters. The summed E-state index contributed by atoms with van der Waals surface area (Å²) < 4.78 is 31.8. The molecule has 2 saturated heterocycles. The maximum atomic E-state index is 13.4. The predicted molar refractivity (Wildman–Crippen MR) is 120 cm³/mol. The van der Waals surface area contributed by atoms with E-state index in [0.29, 0.717) is 31.2 Å². The number of ether oxygens (including phenoxy) is 1. The topological polar surface area (TPSA) is 68.8 Å². The zero-order valence-electron chi connectivity index (χ0n) is 19.2. The molecule has 0 aromatic heterocycles. The zero-order valence-corrected chi connectivity index (χ0v) is 19.2. The summed E-state index contributed by atoms with van der Waals surface area (Å²) in [5.41, 5.74) is 1.01. The predicted octanol–water partition coefficient (Wildman–Crippen LogP) is 3.29. The molecule has 3 saturated carbocycles. The molecule has 5 fully saturated rings. The first-order chi connectivity index (χ1) is 15.3. The highest BCUT2D eigenvalue weighted by Crippen LogP contribution is 2.65. The van der Waals surface area contributed by atoms with Crippen molar-refractivity contribution in [2.75, 3.05) is 13.2 Å². The van der Waals surface area contributed by atoms with Crippen LogP contribution in [0.25, 0.3) is 0 Å². The van der Waals surface area contributed by atoms with Crippen LogP contribution in [0.3, 0.4) is 0 Å². The molecule has 2 aliphatic heterocycles. The number of carbonyl (C=O) groups excluding carboxylic acids is 1. The number of rotatable bonds is 6. The normalized spacial score (nSPS) is 38.0. The van der Waals surface area contributed by atoms with E-state index in [1.165, 1.54) is 6.42 Å². The van der Waals surface area contributed by atoms with Gasteiger partial charge in [-0.25, -0.2) is 9.18 Å². The summed E-state index contributed by atoms with van der Waals surface area (Å²) in [4.78, 5) is 12.6. The van der Waals surface area contributed by atoms with Crippen LogP contribution in [-0.4, -0.2) is 56.2 Å². The Morgan fingerprint density at radius 3 is 2.75 bits per heavy atom. The Bertz CT molecular complexity index is 843. The fourth-order valence-electron chi connectivity index (χ4n) is 6.42. The number of alkyl carbamates (subject to hydrolysis) is 1. The molecular weight excluding hydrogens is 410 g/mol. The van der Waals surface area contributed by atoms with Gasteiger partial charge in [0, 0.05) is 12.6 Å². The molecule has 0 radical (unpaired) electrons. The van der Waals surface area contributed by atoms with Crippen molar-refractivity contribution < 1.29 is 23.2 Å². The van der Waals surface area contributed by atoms with Crippen LogP contribution >= 0.6 is 0 Å². The van der Waals surface area contributed by atoms with Gasteiger partial charge in [0.1, 0.15) is 12.8 Å². The monoisotopic (exact) mass is 444 g/mol. The summed E-state index contributed by atoms with van der Waals surface area (Å²) in [6.45, 7) is 7.31. The molecule has 1 amide bonds. The molecule has 8 heteroatoms. The van der Waals surface area contributed by atoms with Crippen molar-refractivity contribution >= 4 is 13.2 Å². The highest BCUT2D eigenvalue weighted by molar-refractivity contribution is 6.47. The van der Waals surface area contributed by atoms with Crippen molar-refractivity contribution in [3.63, 3.8) is 0 Å². The molecule has 6 rings (SSSR count). The van der Waals surface area contributed by atoms with Crippen LogP contribution in [0.15, 0.2) is 30.3 Å². The van der Waals surface area contributed by atoms with E-state index in [4.69, 9.17) is 14.0 Å². The minimum atomic E-state index is -0.877. The molecule has 1 aromatic rings. The van der Waals surface area contributed by atoms with Crippen LogP contribution in [0, 0.1) is 17.3 Å². The van der Waals surface area contributed by atoms with Crippen LogP contribution in [0.2, 0.25) is 0 Å². The van der Waals surface area contributed by atoms with Crippen molar-refractivity contribution in [3.8, 4) is 0 Å². The van der Waals surface area contributed by atoms with E-state index in [1.807, 2.05) is 30.3 Å². The van der Waals surface area contributed by atoms with Gasteiger partial charge in [0.2, 0.25) is 0 Å². The number of amides is 1. The Hall–Kier alpha value is -1.64. The number of alkyl halides is 1. The molecule has 2 N–H and O–H groups in total. The van der Waals surface area contributed by atoms with Gasteiger partial charge >= 0.3 is 13.2 Å². The summed E-state index contributed by atoms with van der Waals surface area (Å²) in [6, 6.07) is 9.87. The molecule has 0 unspecified atom stereocenters. The molecule has 174 valence electrons. The second-order valence-corrected chi connectivity index (χ2v) is 10.8. The average Bonchev–Trinajstić information content (AvgIpc) is 3.34. The smallest absolute Gasteiger partial charge is 0.448 e. The molecule has 32 heavy (non-hydrogen) atoms. The largest absolute Gasteiger partial charge is 0.482 e. The van der Waals surface area contributed by atoms with E-state index < -0.39 is 19.4 Å². The first-order valence-electron chi connectivity index (χ1n) is 11.9. The Balaban J connectivity index is 1.27. The van der Waals surface area contributed by atoms with Gasteiger partial charge in [-0.15, -0.1) is 0 Å². The maximum Gasteiger partial charge on any atom is 0.482 e. The first kappa shape index (κ1) is 22.2. The van der Waals surface area contributed by atoms with Crippen LogP contribution in [0.4, 0.5) is 9.18 Å². The molecule has 3 aliphatic carbocycles. The van der Waals surface area contributed by atoms with E-state index in [0.717, 1.165) is 12.0 Å². The average molecular weight is 444 g/mol. The van der Waals surface area contributed by atoms with E-state index >= 15 is 0 Å². The van der Waals surface area contributed by atoms with Gasteiger partial charge in [-0.2, -0.15) is 0 Å². The molecule has 5 aliphatic rings. The summed E-state index contributed by atoms with van der Waals surface area (Å²) in [6.07, 6.45) is 1.77. The first-order valence-corrected chi connectivity index (χ1v) is 11.9. The van der Waals surface area contributed by atoms with Gasteiger partial charge in [0.25, 0.3) is 0 Å². The lowest BCUT2D eigenvalue weighted by Crippen LogP contribution is -2.65. The number of hydrogen-bond acceptors (Lipinski definition) is 5. The minimum absolute atomic E-state index is 0.0459. The van der Waals surface area contributed by atoms with Crippen LogP contribution < -0.4 is 10.6 Å². The van der Waals surface area contributed by atoms with Gasteiger partial charge in [-0.1, -0.05) is 44.2 Å². The second kappa shape index (κ2) is 8.30. The van der Waals surface area contributed by atoms with Crippen LogP contribution in [0.5, 0.6) is 0 Å². The number of benzene rings is 1. The summed E-state index contributed by atoms with van der Waals surface area (Å²) in [5, 5.41) is 6.02. The highest BCUT2D eigenvalue weighted by Gasteiger charge is 2.68. The Labute approximate surface area is 190 Å². The Morgan fingerprint density at radius 2 is 2.06 bits per heavy atom. The number of nitrogens with one attached hydrogen (secondary N) is 2. The van der Waals surface area contributed by atoms with Crippen molar-refractivity contribution in [2.24, 2.45) is 17.3 Å². The third-order valence-electron chi connectivity index (χ3n) is 8.48. The van der Waals surface area contributed by atoms with E-state index in [2.05, 4.69) is 31.4 Å².